The van der Waals surface area contributed by atoms with Gasteiger partial charge in [0.1, 0.15) is 0 Å². The van der Waals surface area contributed by atoms with Gasteiger partial charge in [-0.1, -0.05) is 29.8 Å². The third-order valence-corrected chi connectivity index (χ3v) is 7.76. The van der Waals surface area contributed by atoms with Crippen molar-refractivity contribution in [3.8, 4) is 0 Å². The molecule has 0 saturated carbocycles. The van der Waals surface area contributed by atoms with Gasteiger partial charge in [-0.3, -0.25) is 4.31 Å². The van der Waals surface area contributed by atoms with Crippen LogP contribution < -0.4 is 0 Å². The quantitative estimate of drug-likeness (QED) is 0.693. The lowest BCUT2D eigenvalue weighted by Gasteiger charge is -2.32. The summed E-state index contributed by atoms with van der Waals surface area (Å²) in [6.45, 7) is 16.3. The summed E-state index contributed by atoms with van der Waals surface area (Å²) in [5.41, 5.74) is 2.01. The minimum atomic E-state index is -3.60. The summed E-state index contributed by atoms with van der Waals surface area (Å²) in [5.74, 6) is -0.0209. The zero-order valence-corrected chi connectivity index (χ0v) is 18.5. The maximum atomic E-state index is 13.1. The van der Waals surface area contributed by atoms with E-state index in [1.807, 2.05) is 53.7 Å². The van der Waals surface area contributed by atoms with E-state index in [1.165, 1.54) is 4.31 Å². The maximum Gasteiger partial charge on any atom is 0.458 e. The molecule has 3 rings (SSSR count). The lowest BCUT2D eigenvalue weighted by molar-refractivity contribution is 0.00578. The van der Waals surface area contributed by atoms with Crippen LogP contribution in [0.2, 0.25) is 6.32 Å². The lowest BCUT2D eigenvalue weighted by Crippen LogP contribution is -2.41. The van der Waals surface area contributed by atoms with Gasteiger partial charge in [0.25, 0.3) is 10.0 Å². The molecule has 1 aromatic carbocycles. The Hall–Kier alpha value is -1.57. The molecule has 0 amide bonds. The van der Waals surface area contributed by atoms with E-state index < -0.39 is 21.2 Å². The number of nitrogens with zero attached hydrogens (tertiary/aromatic N) is 1. The first-order chi connectivity index (χ1) is 12.8. The minimum absolute atomic E-state index is 0.0209. The second-order valence-electron chi connectivity index (χ2n) is 8.87. The van der Waals surface area contributed by atoms with Gasteiger partial charge in [-0.25, -0.2) is 8.42 Å². The Kier molecular flexibility index (Phi) is 5.32. The lowest BCUT2D eigenvalue weighted by atomic mass is 9.74. The van der Waals surface area contributed by atoms with Crippen molar-refractivity contribution in [1.29, 1.82) is 0 Å². The average molecular weight is 403 g/mol. The van der Waals surface area contributed by atoms with Crippen molar-refractivity contribution in [1.82, 2.24) is 4.31 Å². The molecular weight excluding hydrogens is 373 g/mol. The van der Waals surface area contributed by atoms with Crippen LogP contribution in [-0.2, 0) is 19.3 Å². The molecule has 1 aromatic rings. The van der Waals surface area contributed by atoms with E-state index in [1.54, 1.807) is 18.3 Å². The number of hydrogen-bond donors (Lipinski definition) is 0. The highest BCUT2D eigenvalue weighted by molar-refractivity contribution is 7.89. The summed E-state index contributed by atoms with van der Waals surface area (Å²) >= 11 is 0. The van der Waals surface area contributed by atoms with Crippen molar-refractivity contribution in [2.75, 3.05) is 6.54 Å². The van der Waals surface area contributed by atoms with Crippen LogP contribution >= 0.6 is 0 Å². The van der Waals surface area contributed by atoms with E-state index in [2.05, 4.69) is 6.58 Å². The van der Waals surface area contributed by atoms with E-state index in [0.717, 1.165) is 16.7 Å². The Labute approximate surface area is 169 Å². The predicted octanol–water partition coefficient (Wildman–Crippen LogP) is 4.17. The Morgan fingerprint density at radius 3 is 2.21 bits per heavy atom. The van der Waals surface area contributed by atoms with Crippen molar-refractivity contribution >= 4 is 17.1 Å². The van der Waals surface area contributed by atoms with Gasteiger partial charge < -0.3 is 9.31 Å². The van der Waals surface area contributed by atoms with Crippen LogP contribution in [-0.4, -0.2) is 37.6 Å². The van der Waals surface area contributed by atoms with Gasteiger partial charge in [-0.2, -0.15) is 0 Å². The molecule has 0 aliphatic carbocycles. The highest BCUT2D eigenvalue weighted by Gasteiger charge is 2.52. The molecular formula is C21H30BNO4S. The number of allylic oxidation sites excluding steroid dienone is 1. The first kappa shape index (κ1) is 21.2. The normalized spacial score (nSPS) is 23.8. The Morgan fingerprint density at radius 1 is 1.18 bits per heavy atom. The van der Waals surface area contributed by atoms with Crippen LogP contribution in [0.3, 0.4) is 0 Å². The van der Waals surface area contributed by atoms with E-state index in [4.69, 9.17) is 9.31 Å². The smallest absolute Gasteiger partial charge is 0.403 e. The van der Waals surface area contributed by atoms with E-state index in [-0.39, 0.29) is 13.0 Å². The zero-order valence-electron chi connectivity index (χ0n) is 17.7. The number of aryl methyl sites for hydroxylation is 1. The molecule has 0 aromatic heterocycles. The molecule has 1 fully saturated rings. The highest BCUT2D eigenvalue weighted by Crippen LogP contribution is 2.41. The van der Waals surface area contributed by atoms with E-state index >= 15 is 0 Å². The van der Waals surface area contributed by atoms with Gasteiger partial charge in [0, 0.05) is 18.7 Å². The highest BCUT2D eigenvalue weighted by atomic mass is 32.2. The molecule has 2 aliphatic heterocycles. The summed E-state index contributed by atoms with van der Waals surface area (Å²) in [6, 6.07) is 6.93. The van der Waals surface area contributed by atoms with Crippen LogP contribution in [0.4, 0.5) is 0 Å². The number of rotatable bonds is 5. The monoisotopic (exact) mass is 403 g/mol. The van der Waals surface area contributed by atoms with Crippen molar-refractivity contribution in [2.45, 2.75) is 64.0 Å². The fraction of sp³-hybridized carbons (Fsp3) is 0.524. The molecule has 0 radical (unpaired) electrons. The summed E-state index contributed by atoms with van der Waals surface area (Å²) in [6.07, 6.45) is 2.30. The molecule has 7 heteroatoms. The first-order valence-corrected chi connectivity index (χ1v) is 11.1. The molecule has 5 nitrogen and oxygen atoms in total. The molecule has 1 unspecified atom stereocenters. The average Bonchev–Trinajstić information content (AvgIpc) is 3.07. The van der Waals surface area contributed by atoms with Gasteiger partial charge in [-0.15, -0.1) is 0 Å². The maximum absolute atomic E-state index is 13.1. The van der Waals surface area contributed by atoms with Crippen LogP contribution in [0.1, 0.15) is 40.2 Å². The van der Waals surface area contributed by atoms with Gasteiger partial charge in [0.2, 0.25) is 0 Å². The molecule has 0 spiro atoms. The fourth-order valence-electron chi connectivity index (χ4n) is 3.60. The third-order valence-electron chi connectivity index (χ3n) is 6.02. The van der Waals surface area contributed by atoms with E-state index in [9.17, 15) is 8.42 Å². The first-order valence-electron chi connectivity index (χ1n) is 9.65. The molecule has 1 saturated heterocycles. The summed E-state index contributed by atoms with van der Waals surface area (Å²) in [4.78, 5) is 0.298. The number of sulfonamides is 1. The van der Waals surface area contributed by atoms with Crippen molar-refractivity contribution in [3.05, 3.63) is 53.8 Å². The minimum Gasteiger partial charge on any atom is -0.403 e. The molecule has 2 heterocycles. The van der Waals surface area contributed by atoms with Crippen molar-refractivity contribution in [2.24, 2.45) is 5.92 Å². The van der Waals surface area contributed by atoms with Crippen LogP contribution in [0, 0.1) is 12.8 Å². The van der Waals surface area contributed by atoms with Gasteiger partial charge in [0.15, 0.2) is 0 Å². The van der Waals surface area contributed by atoms with Crippen LogP contribution in [0.15, 0.2) is 53.1 Å². The molecule has 152 valence electrons. The molecule has 28 heavy (non-hydrogen) atoms. The topological polar surface area (TPSA) is 55.8 Å². The van der Waals surface area contributed by atoms with Gasteiger partial charge in [-0.05, 0) is 65.6 Å². The largest absolute Gasteiger partial charge is 0.458 e. The molecule has 1 atom stereocenters. The summed E-state index contributed by atoms with van der Waals surface area (Å²) in [5, 5.41) is 0. The predicted molar refractivity (Wildman–Crippen MR) is 112 cm³/mol. The molecule has 2 aliphatic rings. The Bertz CT molecular complexity index is 887. The second-order valence-corrected chi connectivity index (χ2v) is 10.8. The summed E-state index contributed by atoms with van der Waals surface area (Å²) < 4.78 is 39.9. The third kappa shape index (κ3) is 3.80. The zero-order chi connectivity index (χ0) is 20.9. The van der Waals surface area contributed by atoms with Gasteiger partial charge >= 0.3 is 7.12 Å². The van der Waals surface area contributed by atoms with Crippen LogP contribution in [0.5, 0.6) is 0 Å². The number of hydrogen-bond acceptors (Lipinski definition) is 4. The van der Waals surface area contributed by atoms with Crippen molar-refractivity contribution in [3.63, 3.8) is 0 Å². The second kappa shape index (κ2) is 7.04. The number of benzene rings is 1. The van der Waals surface area contributed by atoms with Crippen LogP contribution in [0.25, 0.3) is 0 Å². The summed E-state index contributed by atoms with van der Waals surface area (Å²) in [7, 11) is -3.98. The van der Waals surface area contributed by atoms with Gasteiger partial charge in [0.05, 0.1) is 16.1 Å². The fourth-order valence-corrected chi connectivity index (χ4v) is 4.98. The van der Waals surface area contributed by atoms with Crippen molar-refractivity contribution < 1.29 is 17.7 Å². The Morgan fingerprint density at radius 2 is 1.71 bits per heavy atom. The van der Waals surface area contributed by atoms with E-state index in [0.29, 0.717) is 17.8 Å². The standard InChI is InChI=1S/C21H30BNO4S/c1-15(2)19-14-23(28(24,25)18-10-8-16(3)9-11-18)13-17(19)12-22-26-20(4,5)21(6,7)27-22/h8-11,14,17H,1,12-13H2,2-7H3. The molecule has 0 N–H and O–H groups in total. The Balaban J connectivity index is 1.81. The SMILES string of the molecule is C=C(C)C1=CN(S(=O)(=O)c2ccc(C)cc2)CC1CB1OC(C)(C)C(C)(C)O1. The molecule has 0 bridgehead atoms.